The van der Waals surface area contributed by atoms with Crippen LogP contribution < -0.4 is 10.1 Å². The number of benzene rings is 1. The number of para-hydroxylation sites is 1. The van der Waals surface area contributed by atoms with Crippen LogP contribution in [0.4, 0.5) is 0 Å². The third-order valence-corrected chi connectivity index (χ3v) is 3.17. The first kappa shape index (κ1) is 11.2. The standard InChI is InChI=1S/C14H19NO/c1-3-4-8-12(15-2)14-10-11-7-5-6-9-13(11)16-14/h3,5-7,9,12,14-15H,1,4,8,10H2,2H3. The van der Waals surface area contributed by atoms with E-state index in [2.05, 4.69) is 30.1 Å². The molecule has 1 aromatic rings. The summed E-state index contributed by atoms with van der Waals surface area (Å²) in [6, 6.07) is 8.71. The van der Waals surface area contributed by atoms with Crippen LogP contribution in [0.15, 0.2) is 36.9 Å². The fourth-order valence-corrected chi connectivity index (χ4v) is 2.25. The molecule has 86 valence electrons. The Kier molecular flexibility index (Phi) is 3.62. The Morgan fingerprint density at radius 2 is 2.38 bits per heavy atom. The van der Waals surface area contributed by atoms with Gasteiger partial charge in [-0.05, 0) is 31.5 Å². The second kappa shape index (κ2) is 5.17. The molecular weight excluding hydrogens is 198 g/mol. The van der Waals surface area contributed by atoms with E-state index in [0.717, 1.165) is 25.0 Å². The van der Waals surface area contributed by atoms with E-state index in [-0.39, 0.29) is 6.10 Å². The number of hydrogen-bond donors (Lipinski definition) is 1. The molecule has 1 N–H and O–H groups in total. The van der Waals surface area contributed by atoms with Crippen molar-refractivity contribution in [1.29, 1.82) is 0 Å². The smallest absolute Gasteiger partial charge is 0.123 e. The number of allylic oxidation sites excluding steroid dienone is 1. The van der Waals surface area contributed by atoms with Crippen molar-refractivity contribution in [3.63, 3.8) is 0 Å². The van der Waals surface area contributed by atoms with Gasteiger partial charge in [-0.15, -0.1) is 6.58 Å². The Hall–Kier alpha value is -1.28. The van der Waals surface area contributed by atoms with Crippen LogP contribution in [0.25, 0.3) is 0 Å². The molecule has 0 aromatic heterocycles. The number of rotatable bonds is 5. The lowest BCUT2D eigenvalue weighted by Gasteiger charge is -2.22. The average Bonchev–Trinajstić information content (AvgIpc) is 2.73. The maximum Gasteiger partial charge on any atom is 0.123 e. The van der Waals surface area contributed by atoms with Crippen molar-refractivity contribution >= 4 is 0 Å². The van der Waals surface area contributed by atoms with Crippen LogP contribution in [0.5, 0.6) is 5.75 Å². The molecule has 0 bridgehead atoms. The first-order chi connectivity index (χ1) is 7.85. The summed E-state index contributed by atoms with van der Waals surface area (Å²) >= 11 is 0. The van der Waals surface area contributed by atoms with Gasteiger partial charge in [0.25, 0.3) is 0 Å². The highest BCUT2D eigenvalue weighted by Gasteiger charge is 2.28. The van der Waals surface area contributed by atoms with Crippen molar-refractivity contribution in [2.75, 3.05) is 7.05 Å². The average molecular weight is 217 g/mol. The van der Waals surface area contributed by atoms with Gasteiger partial charge in [0.05, 0.1) is 0 Å². The monoisotopic (exact) mass is 217 g/mol. The van der Waals surface area contributed by atoms with Crippen LogP contribution in [0.2, 0.25) is 0 Å². The maximum absolute atomic E-state index is 5.96. The molecule has 2 nitrogen and oxygen atoms in total. The zero-order valence-corrected chi connectivity index (χ0v) is 9.78. The topological polar surface area (TPSA) is 21.3 Å². The van der Waals surface area contributed by atoms with Gasteiger partial charge in [-0.3, -0.25) is 0 Å². The molecule has 2 heteroatoms. The zero-order valence-electron chi connectivity index (χ0n) is 9.78. The minimum atomic E-state index is 0.266. The van der Waals surface area contributed by atoms with Gasteiger partial charge in [0, 0.05) is 12.5 Å². The van der Waals surface area contributed by atoms with E-state index in [0.29, 0.717) is 6.04 Å². The Labute approximate surface area is 97.3 Å². The second-order valence-corrected chi connectivity index (χ2v) is 4.23. The Morgan fingerprint density at radius 1 is 1.56 bits per heavy atom. The lowest BCUT2D eigenvalue weighted by molar-refractivity contribution is 0.177. The van der Waals surface area contributed by atoms with E-state index in [1.165, 1.54) is 5.56 Å². The van der Waals surface area contributed by atoms with Gasteiger partial charge in [0.1, 0.15) is 11.9 Å². The lowest BCUT2D eigenvalue weighted by Crippen LogP contribution is -2.40. The minimum absolute atomic E-state index is 0.266. The number of nitrogens with one attached hydrogen (secondary N) is 1. The summed E-state index contributed by atoms with van der Waals surface area (Å²) in [7, 11) is 2.00. The van der Waals surface area contributed by atoms with Gasteiger partial charge in [0.15, 0.2) is 0 Å². The highest BCUT2D eigenvalue weighted by Crippen LogP contribution is 2.30. The van der Waals surface area contributed by atoms with Gasteiger partial charge in [-0.25, -0.2) is 0 Å². The Bertz CT molecular complexity index is 337. The summed E-state index contributed by atoms with van der Waals surface area (Å²) < 4.78 is 5.96. The lowest BCUT2D eigenvalue weighted by atomic mass is 10.0. The van der Waals surface area contributed by atoms with Gasteiger partial charge in [-0.1, -0.05) is 24.3 Å². The van der Waals surface area contributed by atoms with Gasteiger partial charge in [-0.2, -0.15) is 0 Å². The van der Waals surface area contributed by atoms with Crippen molar-refractivity contribution in [3.05, 3.63) is 42.5 Å². The van der Waals surface area contributed by atoms with E-state index in [1.54, 1.807) is 0 Å². The van der Waals surface area contributed by atoms with Crippen molar-refractivity contribution in [3.8, 4) is 5.75 Å². The summed E-state index contributed by atoms with van der Waals surface area (Å²) in [5, 5.41) is 3.34. The van der Waals surface area contributed by atoms with Crippen molar-refractivity contribution in [2.24, 2.45) is 0 Å². The molecule has 16 heavy (non-hydrogen) atoms. The molecule has 2 unspecified atom stereocenters. The molecule has 0 aliphatic carbocycles. The zero-order chi connectivity index (χ0) is 11.4. The number of likely N-dealkylation sites (N-methyl/N-ethyl adjacent to an activating group) is 1. The van der Waals surface area contributed by atoms with Crippen LogP contribution in [0.3, 0.4) is 0 Å². The summed E-state index contributed by atoms with van der Waals surface area (Å²) in [4.78, 5) is 0. The van der Waals surface area contributed by atoms with E-state index in [9.17, 15) is 0 Å². The summed E-state index contributed by atoms with van der Waals surface area (Å²) in [5.74, 6) is 1.05. The summed E-state index contributed by atoms with van der Waals surface area (Å²) in [5.41, 5.74) is 1.33. The molecule has 1 aromatic carbocycles. The molecule has 2 rings (SSSR count). The third kappa shape index (κ3) is 2.27. The van der Waals surface area contributed by atoms with Crippen LogP contribution in [0, 0.1) is 0 Å². The minimum Gasteiger partial charge on any atom is -0.488 e. The highest BCUT2D eigenvalue weighted by atomic mass is 16.5. The van der Waals surface area contributed by atoms with Gasteiger partial charge in [0.2, 0.25) is 0 Å². The maximum atomic E-state index is 5.96. The second-order valence-electron chi connectivity index (χ2n) is 4.23. The predicted octanol–water partition coefficient (Wildman–Crippen LogP) is 2.54. The molecule has 2 atom stereocenters. The third-order valence-electron chi connectivity index (χ3n) is 3.17. The molecule has 1 heterocycles. The number of hydrogen-bond acceptors (Lipinski definition) is 2. The summed E-state index contributed by atoms with van der Waals surface area (Å²) in [6.45, 7) is 3.76. The molecule has 0 radical (unpaired) electrons. The van der Waals surface area contributed by atoms with Crippen molar-refractivity contribution in [2.45, 2.75) is 31.4 Å². The molecule has 0 spiro atoms. The van der Waals surface area contributed by atoms with Crippen LogP contribution in [-0.4, -0.2) is 19.2 Å². The number of fused-ring (bicyclic) bond motifs is 1. The van der Waals surface area contributed by atoms with E-state index in [1.807, 2.05) is 19.2 Å². The van der Waals surface area contributed by atoms with Crippen molar-refractivity contribution in [1.82, 2.24) is 5.32 Å². The van der Waals surface area contributed by atoms with Gasteiger partial charge < -0.3 is 10.1 Å². The molecule has 1 aliphatic heterocycles. The fraction of sp³-hybridized carbons (Fsp3) is 0.429. The fourth-order valence-electron chi connectivity index (χ4n) is 2.25. The quantitative estimate of drug-likeness (QED) is 0.765. The first-order valence-corrected chi connectivity index (χ1v) is 5.88. The van der Waals surface area contributed by atoms with E-state index >= 15 is 0 Å². The first-order valence-electron chi connectivity index (χ1n) is 5.88. The van der Waals surface area contributed by atoms with E-state index < -0.39 is 0 Å². The molecule has 0 saturated carbocycles. The largest absolute Gasteiger partial charge is 0.488 e. The Balaban J connectivity index is 2.00. The SMILES string of the molecule is C=CCCC(NC)C1Cc2ccccc2O1. The van der Waals surface area contributed by atoms with Crippen LogP contribution in [0.1, 0.15) is 18.4 Å². The summed E-state index contributed by atoms with van der Waals surface area (Å²) in [6.07, 6.45) is 5.35. The molecule has 0 fully saturated rings. The molecule has 1 aliphatic rings. The Morgan fingerprint density at radius 3 is 3.06 bits per heavy atom. The van der Waals surface area contributed by atoms with E-state index in [4.69, 9.17) is 4.74 Å². The van der Waals surface area contributed by atoms with Crippen molar-refractivity contribution < 1.29 is 4.74 Å². The molecule has 0 amide bonds. The predicted molar refractivity (Wildman–Crippen MR) is 66.8 cm³/mol. The molecule has 0 saturated heterocycles. The molecular formula is C14H19NO. The highest BCUT2D eigenvalue weighted by molar-refractivity contribution is 5.37. The van der Waals surface area contributed by atoms with Gasteiger partial charge >= 0.3 is 0 Å². The van der Waals surface area contributed by atoms with Crippen LogP contribution >= 0.6 is 0 Å². The van der Waals surface area contributed by atoms with Crippen LogP contribution in [-0.2, 0) is 6.42 Å². The number of ether oxygens (including phenoxy) is 1. The normalized spacial score (nSPS) is 19.9.